The van der Waals surface area contributed by atoms with Gasteiger partial charge in [0.1, 0.15) is 0 Å². The minimum absolute atomic E-state index is 0.0653. The summed E-state index contributed by atoms with van der Waals surface area (Å²) in [5, 5.41) is 21.4. The highest BCUT2D eigenvalue weighted by Crippen LogP contribution is 2.29. The van der Waals surface area contributed by atoms with Gasteiger partial charge in [-0.25, -0.2) is 0 Å². The van der Waals surface area contributed by atoms with Crippen LogP contribution in [0.15, 0.2) is 0 Å². The molecule has 1 saturated carbocycles. The third-order valence-corrected chi connectivity index (χ3v) is 3.40. The summed E-state index contributed by atoms with van der Waals surface area (Å²) in [4.78, 5) is 23.7. The zero-order valence-corrected chi connectivity index (χ0v) is 11.5. The Morgan fingerprint density at radius 3 is 2.53 bits per heavy atom. The first-order valence-electron chi connectivity index (χ1n) is 6.81. The van der Waals surface area contributed by atoms with Gasteiger partial charge in [-0.1, -0.05) is 12.8 Å². The summed E-state index contributed by atoms with van der Waals surface area (Å²) in [5.74, 6) is -0.982. The number of nitrogens with one attached hydrogen (secondary N) is 1. The van der Waals surface area contributed by atoms with Crippen LogP contribution in [0.2, 0.25) is 0 Å². The smallest absolute Gasteiger partial charge is 0.303 e. The third-order valence-electron chi connectivity index (χ3n) is 3.40. The monoisotopic (exact) mass is 272 g/mol. The van der Waals surface area contributed by atoms with Crippen LogP contribution < -0.4 is 5.32 Å². The number of rotatable bonds is 8. The molecule has 0 atom stereocenters. The van der Waals surface area contributed by atoms with Crippen LogP contribution in [0.3, 0.4) is 0 Å². The summed E-state index contributed by atoms with van der Waals surface area (Å²) in [7, 11) is 1.81. The van der Waals surface area contributed by atoms with Crippen LogP contribution >= 0.6 is 0 Å². The number of aliphatic carboxylic acids is 1. The number of amides is 1. The van der Waals surface area contributed by atoms with E-state index in [4.69, 9.17) is 5.11 Å². The Hall–Kier alpha value is -1.14. The van der Waals surface area contributed by atoms with Gasteiger partial charge in [-0.3, -0.25) is 14.5 Å². The largest absolute Gasteiger partial charge is 0.481 e. The molecule has 1 amide bonds. The van der Waals surface area contributed by atoms with Gasteiger partial charge in [0.05, 0.1) is 12.1 Å². The Morgan fingerprint density at radius 2 is 1.95 bits per heavy atom. The molecule has 110 valence electrons. The minimum Gasteiger partial charge on any atom is -0.481 e. The van der Waals surface area contributed by atoms with Crippen LogP contribution in [-0.2, 0) is 9.59 Å². The zero-order chi connectivity index (χ0) is 14.3. The summed E-state index contributed by atoms with van der Waals surface area (Å²) in [5.41, 5.74) is -0.641. The molecule has 6 heteroatoms. The highest BCUT2D eigenvalue weighted by Gasteiger charge is 2.32. The van der Waals surface area contributed by atoms with Crippen LogP contribution in [0.4, 0.5) is 0 Å². The second-order valence-corrected chi connectivity index (χ2v) is 5.45. The summed E-state index contributed by atoms with van der Waals surface area (Å²) in [6.45, 7) is 1.12. The molecule has 0 bridgehead atoms. The molecule has 1 rings (SSSR count). The lowest BCUT2D eigenvalue weighted by Crippen LogP contribution is -2.43. The van der Waals surface area contributed by atoms with E-state index in [-0.39, 0.29) is 18.9 Å². The molecule has 1 aliphatic carbocycles. The molecule has 6 nitrogen and oxygen atoms in total. The minimum atomic E-state index is -0.852. The van der Waals surface area contributed by atoms with Crippen molar-refractivity contribution in [1.29, 1.82) is 0 Å². The summed E-state index contributed by atoms with van der Waals surface area (Å²) >= 11 is 0. The first kappa shape index (κ1) is 15.9. The van der Waals surface area contributed by atoms with E-state index >= 15 is 0 Å². The number of nitrogens with zero attached hydrogens (tertiary/aromatic N) is 1. The maximum Gasteiger partial charge on any atom is 0.303 e. The Morgan fingerprint density at radius 1 is 1.32 bits per heavy atom. The Bertz CT molecular complexity index is 314. The van der Waals surface area contributed by atoms with Gasteiger partial charge in [0.15, 0.2) is 0 Å². The van der Waals surface area contributed by atoms with Crippen molar-refractivity contribution in [2.45, 2.75) is 44.1 Å². The lowest BCUT2D eigenvalue weighted by molar-refractivity contribution is -0.137. The van der Waals surface area contributed by atoms with Crippen molar-refractivity contribution in [2.24, 2.45) is 0 Å². The van der Waals surface area contributed by atoms with Crippen molar-refractivity contribution in [1.82, 2.24) is 10.2 Å². The Labute approximate surface area is 113 Å². The number of carboxylic acid groups (broad SMARTS) is 1. The predicted molar refractivity (Wildman–Crippen MR) is 70.8 cm³/mol. The van der Waals surface area contributed by atoms with Crippen LogP contribution in [0.25, 0.3) is 0 Å². The maximum absolute atomic E-state index is 11.6. The number of hydrogen-bond acceptors (Lipinski definition) is 4. The molecule has 0 spiro atoms. The van der Waals surface area contributed by atoms with Gasteiger partial charge in [-0.2, -0.15) is 0 Å². The highest BCUT2D eigenvalue weighted by atomic mass is 16.4. The molecule has 0 aromatic heterocycles. The van der Waals surface area contributed by atoms with Crippen molar-refractivity contribution in [3.63, 3.8) is 0 Å². The van der Waals surface area contributed by atoms with E-state index in [9.17, 15) is 14.7 Å². The molecule has 1 fully saturated rings. The van der Waals surface area contributed by atoms with Crippen molar-refractivity contribution < 1.29 is 19.8 Å². The second kappa shape index (κ2) is 7.45. The van der Waals surface area contributed by atoms with E-state index in [1.807, 2.05) is 11.9 Å². The zero-order valence-electron chi connectivity index (χ0n) is 11.5. The molecule has 0 unspecified atom stereocenters. The van der Waals surface area contributed by atoms with Crippen LogP contribution in [0.1, 0.15) is 38.5 Å². The third kappa shape index (κ3) is 6.54. The number of carboxylic acids is 1. The number of aliphatic hydroxyl groups is 1. The predicted octanol–water partition coefficient (Wildman–Crippen LogP) is 0.204. The number of hydrogen-bond donors (Lipinski definition) is 3. The van der Waals surface area contributed by atoms with Gasteiger partial charge < -0.3 is 15.5 Å². The molecular formula is C13H24N2O4. The topological polar surface area (TPSA) is 89.9 Å². The maximum atomic E-state index is 11.6. The second-order valence-electron chi connectivity index (χ2n) is 5.45. The number of carbonyl (C=O) groups excluding carboxylic acids is 1. The number of carbonyl (C=O) groups is 2. The van der Waals surface area contributed by atoms with Gasteiger partial charge in [0.25, 0.3) is 0 Å². The fourth-order valence-corrected chi connectivity index (χ4v) is 2.52. The first-order chi connectivity index (χ1) is 8.91. The van der Waals surface area contributed by atoms with Crippen molar-refractivity contribution >= 4 is 11.9 Å². The fourth-order valence-electron chi connectivity index (χ4n) is 2.52. The van der Waals surface area contributed by atoms with E-state index in [1.165, 1.54) is 0 Å². The van der Waals surface area contributed by atoms with E-state index < -0.39 is 11.6 Å². The number of likely N-dealkylation sites (N-methyl/N-ethyl adjacent to an activating group) is 1. The standard InChI is InChI=1S/C13H24N2O4/c1-15(10-13(19)6-2-3-7-13)9-11(16)14-8-4-5-12(17)18/h19H,2-10H2,1H3,(H,14,16)(H,17,18). The van der Waals surface area contributed by atoms with Gasteiger partial charge in [0, 0.05) is 19.5 Å². The lowest BCUT2D eigenvalue weighted by Gasteiger charge is -2.28. The van der Waals surface area contributed by atoms with Crippen LogP contribution in [-0.4, -0.2) is 59.3 Å². The molecule has 3 N–H and O–H groups in total. The van der Waals surface area contributed by atoms with Gasteiger partial charge >= 0.3 is 5.97 Å². The molecule has 1 aliphatic rings. The Balaban J connectivity index is 2.15. The van der Waals surface area contributed by atoms with Gasteiger partial charge in [-0.15, -0.1) is 0 Å². The average Bonchev–Trinajstić information content (AvgIpc) is 2.70. The van der Waals surface area contributed by atoms with E-state index in [0.29, 0.717) is 19.5 Å². The molecule has 0 saturated heterocycles. The normalized spacial score (nSPS) is 17.6. The summed E-state index contributed by atoms with van der Waals surface area (Å²) < 4.78 is 0. The van der Waals surface area contributed by atoms with Crippen LogP contribution in [0.5, 0.6) is 0 Å². The lowest BCUT2D eigenvalue weighted by atomic mass is 10.0. The van der Waals surface area contributed by atoms with Crippen molar-refractivity contribution in [2.75, 3.05) is 26.7 Å². The fraction of sp³-hybridized carbons (Fsp3) is 0.846. The molecule has 0 aliphatic heterocycles. The first-order valence-corrected chi connectivity index (χ1v) is 6.81. The highest BCUT2D eigenvalue weighted by molar-refractivity contribution is 5.78. The Kier molecular flexibility index (Phi) is 6.24. The molecule has 0 heterocycles. The SMILES string of the molecule is CN(CC(=O)NCCCC(=O)O)CC1(O)CCCC1. The van der Waals surface area contributed by atoms with Crippen molar-refractivity contribution in [3.05, 3.63) is 0 Å². The molecule has 0 radical (unpaired) electrons. The average molecular weight is 272 g/mol. The quantitative estimate of drug-likeness (QED) is 0.549. The van der Waals surface area contributed by atoms with E-state index in [0.717, 1.165) is 25.7 Å². The molecule has 0 aromatic carbocycles. The summed E-state index contributed by atoms with van der Waals surface area (Å²) in [6.07, 6.45) is 4.21. The van der Waals surface area contributed by atoms with Gasteiger partial charge in [-0.05, 0) is 26.3 Å². The van der Waals surface area contributed by atoms with Crippen LogP contribution in [0, 0.1) is 0 Å². The summed E-state index contributed by atoms with van der Waals surface area (Å²) in [6, 6.07) is 0. The van der Waals surface area contributed by atoms with E-state index in [1.54, 1.807) is 0 Å². The van der Waals surface area contributed by atoms with Crippen molar-refractivity contribution in [3.8, 4) is 0 Å². The molecule has 0 aromatic rings. The molecular weight excluding hydrogens is 248 g/mol. The molecule has 19 heavy (non-hydrogen) atoms. The van der Waals surface area contributed by atoms with Gasteiger partial charge in [0.2, 0.25) is 5.91 Å². The van der Waals surface area contributed by atoms with E-state index in [2.05, 4.69) is 5.32 Å².